The summed E-state index contributed by atoms with van der Waals surface area (Å²) in [6.07, 6.45) is 0. The Morgan fingerprint density at radius 3 is 1.43 bits per heavy atom. The average molecular weight is 356 g/mol. The quantitative estimate of drug-likeness (QED) is 0.309. The molecule has 0 saturated carbocycles. The third-order valence-corrected chi connectivity index (χ3v) is 5.29. The number of rotatable bonds is 3. The summed E-state index contributed by atoms with van der Waals surface area (Å²) in [6, 6.07) is 43.2. The molecule has 0 aliphatic carbocycles. The fraction of sp³-hybridized carbons (Fsp3) is 0. The Morgan fingerprint density at radius 2 is 0.821 bits per heavy atom. The summed E-state index contributed by atoms with van der Waals surface area (Å²) in [5, 5.41) is 2.57. The van der Waals surface area contributed by atoms with E-state index in [1.54, 1.807) is 0 Å². The molecule has 0 heterocycles. The van der Waals surface area contributed by atoms with Crippen molar-refractivity contribution in [3.8, 4) is 33.4 Å². The molecular formula is C28H20. The van der Waals surface area contributed by atoms with Crippen molar-refractivity contribution >= 4 is 10.8 Å². The van der Waals surface area contributed by atoms with Crippen molar-refractivity contribution in [3.05, 3.63) is 121 Å². The van der Waals surface area contributed by atoms with Crippen LogP contribution in [0.3, 0.4) is 0 Å². The smallest absolute Gasteiger partial charge is 0.00266 e. The van der Waals surface area contributed by atoms with Crippen molar-refractivity contribution in [2.24, 2.45) is 0 Å². The number of hydrogen-bond donors (Lipinski definition) is 0. The summed E-state index contributed by atoms with van der Waals surface area (Å²) in [7, 11) is 0. The Morgan fingerprint density at radius 1 is 0.286 bits per heavy atom. The fourth-order valence-corrected chi connectivity index (χ4v) is 4.00. The van der Waals surface area contributed by atoms with Gasteiger partial charge in [0.25, 0.3) is 0 Å². The Hall–Kier alpha value is -3.64. The van der Waals surface area contributed by atoms with Crippen LogP contribution in [0.5, 0.6) is 0 Å². The van der Waals surface area contributed by atoms with Crippen molar-refractivity contribution in [2.75, 3.05) is 0 Å². The van der Waals surface area contributed by atoms with Gasteiger partial charge in [-0.3, -0.25) is 0 Å². The highest BCUT2D eigenvalue weighted by Crippen LogP contribution is 2.40. The molecule has 0 nitrogen and oxygen atoms in total. The van der Waals surface area contributed by atoms with Crippen LogP contribution >= 0.6 is 0 Å². The van der Waals surface area contributed by atoms with E-state index in [4.69, 9.17) is 0 Å². The van der Waals surface area contributed by atoms with E-state index in [1.165, 1.54) is 44.2 Å². The summed E-state index contributed by atoms with van der Waals surface area (Å²) in [5.41, 5.74) is 7.58. The molecule has 132 valence electrons. The predicted molar refractivity (Wildman–Crippen MR) is 120 cm³/mol. The van der Waals surface area contributed by atoms with Gasteiger partial charge in [0.15, 0.2) is 0 Å². The molecule has 0 spiro atoms. The maximum Gasteiger partial charge on any atom is -0.00266 e. The molecule has 0 atom stereocenters. The van der Waals surface area contributed by atoms with Gasteiger partial charge in [0.2, 0.25) is 0 Å². The average Bonchev–Trinajstić information content (AvgIpc) is 2.79. The largest absolute Gasteiger partial charge is 0.0622 e. The minimum absolute atomic E-state index is 1.24. The summed E-state index contributed by atoms with van der Waals surface area (Å²) in [5.74, 6) is 0. The Kier molecular flexibility index (Phi) is 4.23. The zero-order chi connectivity index (χ0) is 18.8. The molecule has 0 saturated heterocycles. The second-order valence-electron chi connectivity index (χ2n) is 6.99. The van der Waals surface area contributed by atoms with Gasteiger partial charge >= 0.3 is 0 Å². The zero-order valence-electron chi connectivity index (χ0n) is 15.5. The van der Waals surface area contributed by atoms with Crippen LogP contribution in [0.15, 0.2) is 121 Å². The first-order valence-electron chi connectivity index (χ1n) is 9.64. The first-order valence-corrected chi connectivity index (χ1v) is 9.64. The van der Waals surface area contributed by atoms with Gasteiger partial charge in [0, 0.05) is 0 Å². The van der Waals surface area contributed by atoms with E-state index in [1.807, 2.05) is 0 Å². The van der Waals surface area contributed by atoms with Crippen LogP contribution in [0.4, 0.5) is 0 Å². The van der Waals surface area contributed by atoms with Gasteiger partial charge in [-0.05, 0) is 44.2 Å². The van der Waals surface area contributed by atoms with E-state index < -0.39 is 0 Å². The first-order chi connectivity index (χ1) is 13.9. The minimum Gasteiger partial charge on any atom is -0.0622 e. The van der Waals surface area contributed by atoms with Gasteiger partial charge in [-0.2, -0.15) is 0 Å². The molecular weight excluding hydrogens is 336 g/mol. The fourth-order valence-electron chi connectivity index (χ4n) is 4.00. The monoisotopic (exact) mass is 356 g/mol. The van der Waals surface area contributed by atoms with Gasteiger partial charge in [-0.15, -0.1) is 0 Å². The Labute approximate surface area is 165 Å². The van der Waals surface area contributed by atoms with E-state index in [0.29, 0.717) is 0 Å². The van der Waals surface area contributed by atoms with Crippen LogP contribution in [0.2, 0.25) is 0 Å². The lowest BCUT2D eigenvalue weighted by Crippen LogP contribution is -1.90. The number of fused-ring (bicyclic) bond motifs is 1. The third kappa shape index (κ3) is 2.90. The van der Waals surface area contributed by atoms with Crippen LogP contribution in [0, 0.1) is 0 Å². The molecule has 5 rings (SSSR count). The number of hydrogen-bond acceptors (Lipinski definition) is 0. The molecule has 0 N–H and O–H groups in total. The van der Waals surface area contributed by atoms with Gasteiger partial charge in [-0.1, -0.05) is 121 Å². The molecule has 28 heavy (non-hydrogen) atoms. The number of benzene rings is 5. The van der Waals surface area contributed by atoms with E-state index in [-0.39, 0.29) is 0 Å². The third-order valence-electron chi connectivity index (χ3n) is 5.29. The molecule has 0 unspecified atom stereocenters. The molecule has 0 heteroatoms. The van der Waals surface area contributed by atoms with Gasteiger partial charge in [-0.25, -0.2) is 0 Å². The van der Waals surface area contributed by atoms with Crippen molar-refractivity contribution in [2.45, 2.75) is 0 Å². The topological polar surface area (TPSA) is 0 Å². The minimum atomic E-state index is 1.24. The summed E-state index contributed by atoms with van der Waals surface area (Å²) < 4.78 is 0. The maximum absolute atomic E-state index is 2.27. The van der Waals surface area contributed by atoms with Crippen molar-refractivity contribution in [1.82, 2.24) is 0 Å². The second kappa shape index (κ2) is 7.17. The SMILES string of the molecule is c1ccc(-c2ccc3c(-c4ccccc4)cccc3c2-c2ccccc2)cc1. The Bertz CT molecular complexity index is 1220. The highest BCUT2D eigenvalue weighted by molar-refractivity contribution is 6.09. The van der Waals surface area contributed by atoms with Crippen molar-refractivity contribution in [3.63, 3.8) is 0 Å². The molecule has 0 aliphatic heterocycles. The van der Waals surface area contributed by atoms with E-state index in [9.17, 15) is 0 Å². The van der Waals surface area contributed by atoms with E-state index in [2.05, 4.69) is 121 Å². The predicted octanol–water partition coefficient (Wildman–Crippen LogP) is 7.84. The van der Waals surface area contributed by atoms with Crippen molar-refractivity contribution in [1.29, 1.82) is 0 Å². The maximum atomic E-state index is 2.27. The van der Waals surface area contributed by atoms with Crippen LogP contribution in [0.25, 0.3) is 44.2 Å². The van der Waals surface area contributed by atoms with Crippen molar-refractivity contribution < 1.29 is 0 Å². The normalized spacial score (nSPS) is 10.9. The molecule has 0 radical (unpaired) electrons. The highest BCUT2D eigenvalue weighted by atomic mass is 14.2. The van der Waals surface area contributed by atoms with Crippen LogP contribution < -0.4 is 0 Å². The summed E-state index contributed by atoms with van der Waals surface area (Å²) in [4.78, 5) is 0. The zero-order valence-corrected chi connectivity index (χ0v) is 15.5. The van der Waals surface area contributed by atoms with Crippen LogP contribution in [-0.4, -0.2) is 0 Å². The van der Waals surface area contributed by atoms with Gasteiger partial charge in [0.1, 0.15) is 0 Å². The van der Waals surface area contributed by atoms with Crippen LogP contribution in [-0.2, 0) is 0 Å². The van der Waals surface area contributed by atoms with Gasteiger partial charge < -0.3 is 0 Å². The lowest BCUT2D eigenvalue weighted by molar-refractivity contribution is 1.60. The van der Waals surface area contributed by atoms with E-state index in [0.717, 1.165) is 0 Å². The molecule has 0 amide bonds. The molecule has 0 aromatic heterocycles. The lowest BCUT2D eigenvalue weighted by atomic mass is 9.87. The molecule has 5 aromatic rings. The molecule has 0 bridgehead atoms. The summed E-state index contributed by atoms with van der Waals surface area (Å²) >= 11 is 0. The first kappa shape index (κ1) is 16.5. The van der Waals surface area contributed by atoms with Gasteiger partial charge in [0.05, 0.1) is 0 Å². The van der Waals surface area contributed by atoms with Crippen LogP contribution in [0.1, 0.15) is 0 Å². The molecule has 5 aromatic carbocycles. The van der Waals surface area contributed by atoms with E-state index >= 15 is 0 Å². The second-order valence-corrected chi connectivity index (χ2v) is 6.99. The Balaban J connectivity index is 1.86. The highest BCUT2D eigenvalue weighted by Gasteiger charge is 2.13. The molecule has 0 fully saturated rings. The summed E-state index contributed by atoms with van der Waals surface area (Å²) in [6.45, 7) is 0. The molecule has 0 aliphatic rings. The lowest BCUT2D eigenvalue weighted by Gasteiger charge is -2.16. The standard InChI is InChI=1S/C28H20/c1-4-11-21(12-5-1)24-17-10-18-27-26(24)20-19-25(22-13-6-2-7-14-22)28(27)23-15-8-3-9-16-23/h1-20H.